The van der Waals surface area contributed by atoms with Crippen LogP contribution >= 0.6 is 0 Å². The molecule has 0 saturated carbocycles. The Bertz CT molecular complexity index is 788. The first-order chi connectivity index (χ1) is 12.7. The molecule has 26 heavy (non-hydrogen) atoms. The quantitative estimate of drug-likeness (QED) is 0.813. The zero-order valence-electron chi connectivity index (χ0n) is 15.0. The van der Waals surface area contributed by atoms with Crippen molar-refractivity contribution in [1.29, 1.82) is 0 Å². The summed E-state index contributed by atoms with van der Waals surface area (Å²) in [4.78, 5) is 27.0. The van der Waals surface area contributed by atoms with Crippen molar-refractivity contribution in [2.24, 2.45) is 0 Å². The third kappa shape index (κ3) is 4.29. The summed E-state index contributed by atoms with van der Waals surface area (Å²) >= 11 is 0. The van der Waals surface area contributed by atoms with Gasteiger partial charge in [0, 0.05) is 44.5 Å². The average molecular weight is 352 g/mol. The first kappa shape index (κ1) is 18.1. The molecule has 3 rings (SSSR count). The number of benzene rings is 2. The third-order valence-corrected chi connectivity index (χ3v) is 4.60. The molecule has 5 nitrogen and oxygen atoms in total. The fourth-order valence-electron chi connectivity index (χ4n) is 3.17. The van der Waals surface area contributed by atoms with E-state index >= 15 is 0 Å². The van der Waals surface area contributed by atoms with E-state index < -0.39 is 0 Å². The lowest BCUT2D eigenvalue weighted by molar-refractivity contribution is 0.0734. The number of hydrogen-bond acceptors (Lipinski definition) is 3. The highest BCUT2D eigenvalue weighted by molar-refractivity contribution is 5.99. The second-order valence-electron chi connectivity index (χ2n) is 6.43. The molecule has 0 radical (unpaired) electrons. The fraction of sp³-hybridized carbons (Fsp3) is 0.333. The van der Waals surface area contributed by atoms with Crippen LogP contribution < -0.4 is 5.32 Å². The molecule has 1 N–H and O–H groups in total. The molecule has 0 aliphatic carbocycles. The molecule has 5 heteroatoms. The van der Waals surface area contributed by atoms with E-state index in [4.69, 9.17) is 4.74 Å². The van der Waals surface area contributed by atoms with Gasteiger partial charge in [0.25, 0.3) is 11.8 Å². The lowest BCUT2D eigenvalue weighted by Crippen LogP contribution is -2.36. The molecule has 0 atom stereocenters. The summed E-state index contributed by atoms with van der Waals surface area (Å²) in [7, 11) is 1.63. The number of carbonyl (C=O) groups excluding carboxylic acids is 2. The topological polar surface area (TPSA) is 58.6 Å². The van der Waals surface area contributed by atoms with E-state index in [2.05, 4.69) is 17.4 Å². The van der Waals surface area contributed by atoms with Crippen molar-refractivity contribution < 1.29 is 14.3 Å². The van der Waals surface area contributed by atoms with Gasteiger partial charge < -0.3 is 15.0 Å². The summed E-state index contributed by atoms with van der Waals surface area (Å²) in [5.41, 5.74) is 3.56. The first-order valence-electron chi connectivity index (χ1n) is 8.92. The number of amides is 2. The highest BCUT2D eigenvalue weighted by Crippen LogP contribution is 2.20. The molecule has 136 valence electrons. The SMILES string of the molecule is COCCCNC(=O)c1cccc(C(=O)N2CCc3ccccc3C2)c1. The Hall–Kier alpha value is -2.66. The van der Waals surface area contributed by atoms with Crippen LogP contribution in [-0.4, -0.2) is 43.5 Å². The van der Waals surface area contributed by atoms with E-state index in [9.17, 15) is 9.59 Å². The predicted molar refractivity (Wildman–Crippen MR) is 100 cm³/mol. The summed E-state index contributed by atoms with van der Waals surface area (Å²) in [5, 5.41) is 2.85. The molecule has 0 saturated heterocycles. The van der Waals surface area contributed by atoms with Crippen molar-refractivity contribution >= 4 is 11.8 Å². The van der Waals surface area contributed by atoms with Crippen LogP contribution in [0.25, 0.3) is 0 Å². The Morgan fingerprint density at radius 2 is 1.85 bits per heavy atom. The standard InChI is InChI=1S/C21H24N2O3/c1-26-13-5-11-22-20(24)17-8-4-9-18(14-17)21(25)23-12-10-16-6-2-3-7-19(16)15-23/h2-4,6-9,14H,5,10-13,15H2,1H3,(H,22,24). The minimum atomic E-state index is -0.167. The number of ether oxygens (including phenoxy) is 1. The van der Waals surface area contributed by atoms with Crippen LogP contribution in [0, 0.1) is 0 Å². The fourth-order valence-corrected chi connectivity index (χ4v) is 3.17. The number of carbonyl (C=O) groups is 2. The van der Waals surface area contributed by atoms with E-state index in [1.54, 1.807) is 31.4 Å². The Morgan fingerprint density at radius 1 is 1.08 bits per heavy atom. The molecule has 1 aliphatic heterocycles. The van der Waals surface area contributed by atoms with Crippen molar-refractivity contribution in [2.45, 2.75) is 19.4 Å². The monoisotopic (exact) mass is 352 g/mol. The number of rotatable bonds is 6. The van der Waals surface area contributed by atoms with Gasteiger partial charge in [-0.25, -0.2) is 0 Å². The smallest absolute Gasteiger partial charge is 0.254 e. The lowest BCUT2D eigenvalue weighted by Gasteiger charge is -2.29. The molecule has 1 heterocycles. The largest absolute Gasteiger partial charge is 0.385 e. The van der Waals surface area contributed by atoms with Gasteiger partial charge in [0.1, 0.15) is 0 Å². The molecule has 0 spiro atoms. The van der Waals surface area contributed by atoms with Crippen molar-refractivity contribution in [3.05, 3.63) is 70.8 Å². The Morgan fingerprint density at radius 3 is 2.65 bits per heavy atom. The van der Waals surface area contributed by atoms with Crippen LogP contribution in [0.15, 0.2) is 48.5 Å². The molecule has 1 aliphatic rings. The normalized spacial score (nSPS) is 13.2. The van der Waals surface area contributed by atoms with Gasteiger partial charge in [0.2, 0.25) is 0 Å². The molecular weight excluding hydrogens is 328 g/mol. The van der Waals surface area contributed by atoms with Gasteiger partial charge in [0.05, 0.1) is 0 Å². The second kappa shape index (κ2) is 8.63. The molecule has 2 amide bonds. The Balaban J connectivity index is 1.66. The summed E-state index contributed by atoms with van der Waals surface area (Å²) in [6.45, 7) is 2.47. The van der Waals surface area contributed by atoms with Crippen LogP contribution in [0.5, 0.6) is 0 Å². The van der Waals surface area contributed by atoms with Crippen molar-refractivity contribution in [1.82, 2.24) is 10.2 Å². The van der Waals surface area contributed by atoms with E-state index in [-0.39, 0.29) is 11.8 Å². The molecule has 0 unspecified atom stereocenters. The van der Waals surface area contributed by atoms with Gasteiger partial charge in [-0.15, -0.1) is 0 Å². The molecule has 2 aromatic carbocycles. The number of nitrogens with one attached hydrogen (secondary N) is 1. The van der Waals surface area contributed by atoms with Gasteiger partial charge in [-0.1, -0.05) is 30.3 Å². The molecule has 0 fully saturated rings. The summed E-state index contributed by atoms with van der Waals surface area (Å²) in [6, 6.07) is 15.2. The maximum Gasteiger partial charge on any atom is 0.254 e. The first-order valence-corrected chi connectivity index (χ1v) is 8.92. The second-order valence-corrected chi connectivity index (χ2v) is 6.43. The Kier molecular flexibility index (Phi) is 6.02. The summed E-state index contributed by atoms with van der Waals surface area (Å²) in [5.74, 6) is -0.201. The number of hydrogen-bond donors (Lipinski definition) is 1. The Labute approximate surface area is 154 Å². The van der Waals surface area contributed by atoms with Crippen LogP contribution in [0.3, 0.4) is 0 Å². The van der Waals surface area contributed by atoms with Crippen LogP contribution in [0.4, 0.5) is 0 Å². The molecule has 2 aromatic rings. The zero-order valence-corrected chi connectivity index (χ0v) is 15.0. The van der Waals surface area contributed by atoms with Gasteiger partial charge >= 0.3 is 0 Å². The highest BCUT2D eigenvalue weighted by atomic mass is 16.5. The van der Waals surface area contributed by atoms with Crippen molar-refractivity contribution in [2.75, 3.05) is 26.8 Å². The minimum absolute atomic E-state index is 0.0338. The average Bonchev–Trinajstić information content (AvgIpc) is 2.70. The maximum absolute atomic E-state index is 12.9. The molecule has 0 bridgehead atoms. The van der Waals surface area contributed by atoms with Crippen molar-refractivity contribution in [3.63, 3.8) is 0 Å². The van der Waals surface area contributed by atoms with Crippen LogP contribution in [0.2, 0.25) is 0 Å². The van der Waals surface area contributed by atoms with Gasteiger partial charge in [0.15, 0.2) is 0 Å². The number of fused-ring (bicyclic) bond motifs is 1. The van der Waals surface area contributed by atoms with E-state index in [1.165, 1.54) is 11.1 Å². The van der Waals surface area contributed by atoms with Gasteiger partial charge in [-0.3, -0.25) is 9.59 Å². The molecular formula is C21H24N2O3. The van der Waals surface area contributed by atoms with Crippen molar-refractivity contribution in [3.8, 4) is 0 Å². The highest BCUT2D eigenvalue weighted by Gasteiger charge is 2.22. The number of nitrogens with zero attached hydrogens (tertiary/aromatic N) is 1. The van der Waals surface area contributed by atoms with E-state index in [1.807, 2.05) is 17.0 Å². The number of methoxy groups -OCH3 is 1. The van der Waals surface area contributed by atoms with Gasteiger partial charge in [-0.2, -0.15) is 0 Å². The van der Waals surface area contributed by atoms with Gasteiger partial charge in [-0.05, 0) is 42.2 Å². The summed E-state index contributed by atoms with van der Waals surface area (Å²) in [6.07, 6.45) is 1.62. The zero-order chi connectivity index (χ0) is 18.4. The lowest BCUT2D eigenvalue weighted by atomic mass is 9.99. The minimum Gasteiger partial charge on any atom is -0.385 e. The van der Waals surface area contributed by atoms with E-state index in [0.29, 0.717) is 37.4 Å². The molecule has 0 aromatic heterocycles. The summed E-state index contributed by atoms with van der Waals surface area (Å²) < 4.78 is 4.97. The third-order valence-electron chi connectivity index (χ3n) is 4.60. The van der Waals surface area contributed by atoms with Crippen LogP contribution in [0.1, 0.15) is 38.3 Å². The predicted octanol–water partition coefficient (Wildman–Crippen LogP) is 2.65. The maximum atomic E-state index is 12.9. The van der Waals surface area contributed by atoms with Crippen LogP contribution in [-0.2, 0) is 17.7 Å². The van der Waals surface area contributed by atoms with E-state index in [0.717, 1.165) is 12.8 Å².